The average Bonchev–Trinajstić information content (AvgIpc) is 2.19. The lowest BCUT2D eigenvalue weighted by Crippen LogP contribution is -2.05. The van der Waals surface area contributed by atoms with Crippen LogP contribution in [0.1, 0.15) is 23.4 Å². The minimum Gasteiger partial charge on any atom is -0.481 e. The number of hydrogen-bond acceptors (Lipinski definition) is 3. The van der Waals surface area contributed by atoms with Crippen LogP contribution >= 0.6 is 11.6 Å². The number of carboxylic acids is 1. The third kappa shape index (κ3) is 2.64. The number of hydrogen-bond donors (Lipinski definition) is 1. The number of nitrogens with zero attached hydrogens (tertiary/aromatic N) is 2. The summed E-state index contributed by atoms with van der Waals surface area (Å²) in [7, 11) is 0. The van der Waals surface area contributed by atoms with Gasteiger partial charge in [0.1, 0.15) is 17.5 Å². The molecule has 0 radical (unpaired) electrons. The summed E-state index contributed by atoms with van der Waals surface area (Å²) in [5.41, 5.74) is -1.09. The van der Waals surface area contributed by atoms with Crippen LogP contribution in [0.3, 0.4) is 0 Å². The molecular formula is C9H5ClF2N2O2. The molecule has 1 heterocycles. The van der Waals surface area contributed by atoms with Gasteiger partial charge in [0.15, 0.2) is 0 Å². The first-order valence-corrected chi connectivity index (χ1v) is 4.43. The molecule has 1 aromatic heterocycles. The van der Waals surface area contributed by atoms with E-state index in [0.29, 0.717) is 0 Å². The van der Waals surface area contributed by atoms with E-state index in [1.54, 1.807) is 6.07 Å². The number of aliphatic carboxylic acids is 1. The first kappa shape index (κ1) is 12.3. The van der Waals surface area contributed by atoms with Crippen molar-refractivity contribution >= 4 is 17.6 Å². The fourth-order valence-electron chi connectivity index (χ4n) is 1.10. The van der Waals surface area contributed by atoms with E-state index in [9.17, 15) is 13.6 Å². The van der Waals surface area contributed by atoms with Crippen LogP contribution in [-0.4, -0.2) is 16.1 Å². The summed E-state index contributed by atoms with van der Waals surface area (Å²) in [6.45, 7) is 0. The van der Waals surface area contributed by atoms with Gasteiger partial charge >= 0.3 is 5.97 Å². The number of nitriles is 1. The number of carboxylic acid groups (broad SMARTS) is 1. The van der Waals surface area contributed by atoms with Gasteiger partial charge in [0, 0.05) is 0 Å². The van der Waals surface area contributed by atoms with Crippen molar-refractivity contribution in [3.63, 3.8) is 0 Å². The lowest BCUT2D eigenvalue weighted by Gasteiger charge is -2.07. The Bertz CT molecular complexity index is 471. The summed E-state index contributed by atoms with van der Waals surface area (Å²) in [6, 6.07) is 2.65. The van der Waals surface area contributed by atoms with Gasteiger partial charge in [-0.15, -0.1) is 0 Å². The highest BCUT2D eigenvalue weighted by Crippen LogP contribution is 2.29. The number of rotatable bonds is 3. The van der Waals surface area contributed by atoms with Crippen LogP contribution in [0.5, 0.6) is 0 Å². The van der Waals surface area contributed by atoms with Gasteiger partial charge in [0.25, 0.3) is 6.43 Å². The van der Waals surface area contributed by atoms with Crippen molar-refractivity contribution in [1.82, 2.24) is 4.98 Å². The predicted molar refractivity (Wildman–Crippen MR) is 50.3 cm³/mol. The Morgan fingerprint density at radius 3 is 2.75 bits per heavy atom. The lowest BCUT2D eigenvalue weighted by molar-refractivity contribution is -0.136. The minimum atomic E-state index is -2.95. The molecule has 0 saturated carbocycles. The highest BCUT2D eigenvalue weighted by Gasteiger charge is 2.19. The molecule has 16 heavy (non-hydrogen) atoms. The summed E-state index contributed by atoms with van der Waals surface area (Å²) in [5.74, 6) is -1.22. The molecule has 1 N–H and O–H groups in total. The van der Waals surface area contributed by atoms with E-state index in [2.05, 4.69) is 4.98 Å². The van der Waals surface area contributed by atoms with Crippen molar-refractivity contribution in [1.29, 1.82) is 5.26 Å². The molecule has 0 unspecified atom stereocenters. The second kappa shape index (κ2) is 4.86. The molecule has 0 aliphatic heterocycles. The molecule has 0 aliphatic rings. The molecule has 0 saturated heterocycles. The maximum absolute atomic E-state index is 12.5. The largest absolute Gasteiger partial charge is 0.481 e. The predicted octanol–water partition coefficient (Wildman–Crippen LogP) is 2.17. The molecule has 84 valence electrons. The zero-order chi connectivity index (χ0) is 12.3. The van der Waals surface area contributed by atoms with E-state index in [4.69, 9.17) is 22.0 Å². The van der Waals surface area contributed by atoms with Crippen molar-refractivity contribution < 1.29 is 18.7 Å². The molecule has 0 aromatic carbocycles. The van der Waals surface area contributed by atoms with Crippen LogP contribution in [0.2, 0.25) is 5.02 Å². The second-order valence-electron chi connectivity index (χ2n) is 2.85. The van der Waals surface area contributed by atoms with E-state index in [1.165, 1.54) is 0 Å². The molecule has 0 bridgehead atoms. The van der Waals surface area contributed by atoms with Gasteiger partial charge in [-0.05, 0) is 11.6 Å². The number of aromatic nitrogens is 1. The van der Waals surface area contributed by atoms with Crippen LogP contribution < -0.4 is 0 Å². The number of carbonyl (C=O) groups is 1. The molecule has 7 heteroatoms. The summed E-state index contributed by atoms with van der Waals surface area (Å²) in [5, 5.41) is 16.7. The quantitative estimate of drug-likeness (QED) is 0.887. The van der Waals surface area contributed by atoms with E-state index < -0.39 is 29.5 Å². The average molecular weight is 247 g/mol. The SMILES string of the molecule is N#Cc1cc(CC(=O)O)c(Cl)c(C(F)F)n1. The molecule has 0 amide bonds. The van der Waals surface area contributed by atoms with Gasteiger partial charge in [0.05, 0.1) is 11.4 Å². The topological polar surface area (TPSA) is 74.0 Å². The van der Waals surface area contributed by atoms with Gasteiger partial charge in [-0.25, -0.2) is 13.8 Å². The third-order valence-corrected chi connectivity index (χ3v) is 2.16. The van der Waals surface area contributed by atoms with Crippen molar-refractivity contribution in [3.8, 4) is 6.07 Å². The lowest BCUT2D eigenvalue weighted by atomic mass is 10.1. The number of halogens is 3. The number of pyridine rings is 1. The molecule has 0 fully saturated rings. The smallest absolute Gasteiger partial charge is 0.307 e. The van der Waals surface area contributed by atoms with Crippen molar-refractivity contribution in [2.24, 2.45) is 0 Å². The molecule has 1 aromatic rings. The fraction of sp³-hybridized carbons (Fsp3) is 0.222. The normalized spacial score (nSPS) is 10.2. The van der Waals surface area contributed by atoms with Gasteiger partial charge in [-0.2, -0.15) is 5.26 Å². The first-order chi connectivity index (χ1) is 7.45. The van der Waals surface area contributed by atoms with Crippen LogP contribution in [0.25, 0.3) is 0 Å². The van der Waals surface area contributed by atoms with Crippen LogP contribution in [-0.2, 0) is 11.2 Å². The molecule has 0 aliphatic carbocycles. The molecule has 0 spiro atoms. The third-order valence-electron chi connectivity index (χ3n) is 1.72. The highest BCUT2D eigenvalue weighted by molar-refractivity contribution is 6.32. The zero-order valence-corrected chi connectivity index (χ0v) is 8.50. The fourth-order valence-corrected chi connectivity index (χ4v) is 1.34. The molecule has 1 rings (SSSR count). The van der Waals surface area contributed by atoms with E-state index in [-0.39, 0.29) is 11.3 Å². The van der Waals surface area contributed by atoms with E-state index in [1.807, 2.05) is 0 Å². The Balaban J connectivity index is 3.32. The Morgan fingerprint density at radius 1 is 1.69 bits per heavy atom. The Labute approximate surface area is 94.1 Å². The monoisotopic (exact) mass is 246 g/mol. The number of alkyl halides is 2. The Kier molecular flexibility index (Phi) is 3.74. The van der Waals surface area contributed by atoms with Gasteiger partial charge in [0.2, 0.25) is 0 Å². The Morgan fingerprint density at radius 2 is 2.31 bits per heavy atom. The van der Waals surface area contributed by atoms with Crippen molar-refractivity contribution in [3.05, 3.63) is 28.0 Å². The van der Waals surface area contributed by atoms with Crippen LogP contribution in [0.4, 0.5) is 8.78 Å². The highest BCUT2D eigenvalue weighted by atomic mass is 35.5. The maximum atomic E-state index is 12.5. The summed E-state index contributed by atoms with van der Waals surface area (Å²) >= 11 is 5.56. The summed E-state index contributed by atoms with van der Waals surface area (Å²) in [6.07, 6.45) is -3.48. The summed E-state index contributed by atoms with van der Waals surface area (Å²) < 4.78 is 24.9. The van der Waals surface area contributed by atoms with Crippen LogP contribution in [0, 0.1) is 11.3 Å². The van der Waals surface area contributed by atoms with Gasteiger partial charge in [-0.3, -0.25) is 4.79 Å². The van der Waals surface area contributed by atoms with Crippen LogP contribution in [0.15, 0.2) is 6.07 Å². The van der Waals surface area contributed by atoms with E-state index >= 15 is 0 Å². The van der Waals surface area contributed by atoms with Crippen molar-refractivity contribution in [2.75, 3.05) is 0 Å². The van der Waals surface area contributed by atoms with Gasteiger partial charge < -0.3 is 5.11 Å². The molecule has 0 atom stereocenters. The standard InChI is InChI=1S/C9H5ClF2N2O2/c10-7-4(2-6(15)16)1-5(3-13)14-8(7)9(11)12/h1,9H,2H2,(H,15,16). The second-order valence-corrected chi connectivity index (χ2v) is 3.23. The first-order valence-electron chi connectivity index (χ1n) is 4.05. The van der Waals surface area contributed by atoms with Gasteiger partial charge in [-0.1, -0.05) is 11.6 Å². The molecule has 4 nitrogen and oxygen atoms in total. The Hall–Kier alpha value is -1.74. The zero-order valence-electron chi connectivity index (χ0n) is 7.75. The van der Waals surface area contributed by atoms with E-state index in [0.717, 1.165) is 6.07 Å². The molecular weight excluding hydrogens is 242 g/mol. The summed E-state index contributed by atoms with van der Waals surface area (Å²) in [4.78, 5) is 13.8. The maximum Gasteiger partial charge on any atom is 0.307 e. The minimum absolute atomic E-state index is 0.0454. The van der Waals surface area contributed by atoms with Crippen molar-refractivity contribution in [2.45, 2.75) is 12.8 Å².